The molecular weight excluding hydrogens is 392 g/mol. The van der Waals surface area contributed by atoms with Gasteiger partial charge >= 0.3 is 6.01 Å². The standard InChI is InChI=1S/C21H15BrN2O2/c1-25-16-8-10-17(11-9-16)26-21-23-19-12-7-15(22)13-18(19)20(24-21)14-5-3-2-4-6-14/h2-13H,1H3. The van der Waals surface area contributed by atoms with Gasteiger partial charge in [-0.25, -0.2) is 0 Å². The van der Waals surface area contributed by atoms with E-state index < -0.39 is 0 Å². The molecule has 0 amide bonds. The molecule has 128 valence electrons. The van der Waals surface area contributed by atoms with Gasteiger partial charge in [0, 0.05) is 15.4 Å². The van der Waals surface area contributed by atoms with Crippen LogP contribution in [0.1, 0.15) is 0 Å². The van der Waals surface area contributed by atoms with E-state index in [9.17, 15) is 0 Å². The quantitative estimate of drug-likeness (QED) is 0.425. The maximum absolute atomic E-state index is 5.89. The summed E-state index contributed by atoms with van der Waals surface area (Å²) in [7, 11) is 1.63. The molecule has 0 saturated heterocycles. The lowest BCUT2D eigenvalue weighted by Gasteiger charge is -2.10. The fourth-order valence-electron chi connectivity index (χ4n) is 2.69. The van der Waals surface area contributed by atoms with Crippen LogP contribution in [0.5, 0.6) is 17.5 Å². The molecule has 0 unspecified atom stereocenters. The molecule has 0 bridgehead atoms. The molecule has 0 aliphatic rings. The summed E-state index contributed by atoms with van der Waals surface area (Å²) in [6.07, 6.45) is 0. The number of fused-ring (bicyclic) bond motifs is 1. The van der Waals surface area contributed by atoms with E-state index in [-0.39, 0.29) is 0 Å². The second-order valence-electron chi connectivity index (χ2n) is 5.66. The van der Waals surface area contributed by atoms with E-state index in [0.717, 1.165) is 32.4 Å². The molecule has 0 atom stereocenters. The van der Waals surface area contributed by atoms with E-state index in [1.54, 1.807) is 7.11 Å². The summed E-state index contributed by atoms with van der Waals surface area (Å²) in [5.41, 5.74) is 2.67. The second kappa shape index (κ2) is 7.14. The van der Waals surface area contributed by atoms with Gasteiger partial charge in [0.15, 0.2) is 0 Å². The zero-order chi connectivity index (χ0) is 17.9. The highest BCUT2D eigenvalue weighted by atomic mass is 79.9. The number of hydrogen-bond donors (Lipinski definition) is 0. The zero-order valence-electron chi connectivity index (χ0n) is 14.0. The van der Waals surface area contributed by atoms with E-state index in [4.69, 9.17) is 9.47 Å². The summed E-state index contributed by atoms with van der Waals surface area (Å²) in [6.45, 7) is 0. The topological polar surface area (TPSA) is 44.2 Å². The van der Waals surface area contributed by atoms with Crippen molar-refractivity contribution in [2.24, 2.45) is 0 Å². The van der Waals surface area contributed by atoms with Gasteiger partial charge in [0.1, 0.15) is 11.5 Å². The Morgan fingerprint density at radius 3 is 2.27 bits per heavy atom. The zero-order valence-corrected chi connectivity index (χ0v) is 15.6. The highest BCUT2D eigenvalue weighted by Gasteiger charge is 2.12. The third-order valence-electron chi connectivity index (χ3n) is 3.95. The van der Waals surface area contributed by atoms with Crippen molar-refractivity contribution in [3.8, 4) is 28.8 Å². The van der Waals surface area contributed by atoms with Crippen LogP contribution in [-0.4, -0.2) is 17.1 Å². The summed E-state index contributed by atoms with van der Waals surface area (Å²) >= 11 is 3.53. The molecule has 4 nitrogen and oxygen atoms in total. The molecule has 0 saturated carbocycles. The Kier molecular flexibility index (Phi) is 4.54. The number of aromatic nitrogens is 2. The van der Waals surface area contributed by atoms with Gasteiger partial charge in [-0.05, 0) is 42.5 Å². The van der Waals surface area contributed by atoms with Crippen LogP contribution in [-0.2, 0) is 0 Å². The maximum atomic E-state index is 5.89. The minimum Gasteiger partial charge on any atom is -0.497 e. The molecule has 0 aliphatic heterocycles. The molecular formula is C21H15BrN2O2. The number of nitrogens with zero attached hydrogens (tertiary/aromatic N) is 2. The number of hydrogen-bond acceptors (Lipinski definition) is 4. The largest absolute Gasteiger partial charge is 0.497 e. The van der Waals surface area contributed by atoms with Gasteiger partial charge in [-0.2, -0.15) is 9.97 Å². The van der Waals surface area contributed by atoms with Gasteiger partial charge in [-0.15, -0.1) is 0 Å². The summed E-state index contributed by atoms with van der Waals surface area (Å²) in [6, 6.07) is 23.6. The van der Waals surface area contributed by atoms with Crippen LogP contribution in [0.3, 0.4) is 0 Å². The fourth-order valence-corrected chi connectivity index (χ4v) is 3.05. The molecule has 0 aliphatic carbocycles. The van der Waals surface area contributed by atoms with E-state index in [2.05, 4.69) is 25.9 Å². The Labute approximate surface area is 159 Å². The van der Waals surface area contributed by atoms with Gasteiger partial charge in [-0.1, -0.05) is 46.3 Å². The first-order valence-electron chi connectivity index (χ1n) is 8.07. The van der Waals surface area contributed by atoms with Crippen molar-refractivity contribution in [1.29, 1.82) is 0 Å². The minimum absolute atomic E-state index is 0.309. The Balaban J connectivity index is 1.81. The molecule has 5 heteroatoms. The van der Waals surface area contributed by atoms with Crippen molar-refractivity contribution in [3.05, 3.63) is 77.3 Å². The summed E-state index contributed by atoms with van der Waals surface area (Å²) in [5, 5.41) is 0.965. The normalized spacial score (nSPS) is 10.7. The van der Waals surface area contributed by atoms with Crippen LogP contribution in [0, 0.1) is 0 Å². The highest BCUT2D eigenvalue weighted by molar-refractivity contribution is 9.10. The van der Waals surface area contributed by atoms with Crippen LogP contribution in [0.2, 0.25) is 0 Å². The SMILES string of the molecule is COc1ccc(Oc2nc(-c3ccccc3)c3cc(Br)ccc3n2)cc1. The summed E-state index contributed by atoms with van der Waals surface area (Å²) in [4.78, 5) is 9.22. The molecule has 4 aromatic rings. The molecule has 26 heavy (non-hydrogen) atoms. The number of benzene rings is 3. The first-order valence-corrected chi connectivity index (χ1v) is 8.87. The smallest absolute Gasteiger partial charge is 0.323 e. The summed E-state index contributed by atoms with van der Waals surface area (Å²) in [5.74, 6) is 1.42. The monoisotopic (exact) mass is 406 g/mol. The van der Waals surface area contributed by atoms with E-state index >= 15 is 0 Å². The first-order chi connectivity index (χ1) is 12.7. The van der Waals surface area contributed by atoms with Gasteiger partial charge < -0.3 is 9.47 Å². The Morgan fingerprint density at radius 2 is 1.54 bits per heavy atom. The van der Waals surface area contributed by atoms with Gasteiger partial charge in [0.05, 0.1) is 18.3 Å². The molecule has 0 fully saturated rings. The number of halogens is 1. The number of ether oxygens (including phenoxy) is 2. The van der Waals surface area contributed by atoms with Crippen LogP contribution >= 0.6 is 15.9 Å². The third-order valence-corrected chi connectivity index (χ3v) is 4.45. The average Bonchev–Trinajstić information content (AvgIpc) is 2.69. The van der Waals surface area contributed by atoms with Crippen LogP contribution in [0.4, 0.5) is 0 Å². The van der Waals surface area contributed by atoms with Gasteiger partial charge in [0.2, 0.25) is 0 Å². The lowest BCUT2D eigenvalue weighted by molar-refractivity contribution is 0.411. The van der Waals surface area contributed by atoms with Crippen molar-refractivity contribution in [3.63, 3.8) is 0 Å². The molecule has 0 spiro atoms. The maximum Gasteiger partial charge on any atom is 0.323 e. The average molecular weight is 407 g/mol. The Morgan fingerprint density at radius 1 is 0.808 bits per heavy atom. The van der Waals surface area contributed by atoms with Gasteiger partial charge in [-0.3, -0.25) is 0 Å². The molecule has 3 aromatic carbocycles. The molecule has 0 N–H and O–H groups in total. The van der Waals surface area contributed by atoms with Crippen LogP contribution in [0.15, 0.2) is 77.3 Å². The van der Waals surface area contributed by atoms with Gasteiger partial charge in [0.25, 0.3) is 0 Å². The predicted molar refractivity (Wildman–Crippen MR) is 106 cm³/mol. The Hall–Kier alpha value is -2.92. The van der Waals surface area contributed by atoms with Crippen molar-refractivity contribution in [2.75, 3.05) is 7.11 Å². The van der Waals surface area contributed by atoms with Crippen molar-refractivity contribution >= 4 is 26.8 Å². The second-order valence-corrected chi connectivity index (χ2v) is 6.58. The molecule has 1 aromatic heterocycles. The fraction of sp³-hybridized carbons (Fsp3) is 0.0476. The Bertz CT molecular complexity index is 1050. The first kappa shape index (κ1) is 16.5. The van der Waals surface area contributed by atoms with Crippen LogP contribution in [0.25, 0.3) is 22.2 Å². The minimum atomic E-state index is 0.309. The van der Waals surface area contributed by atoms with Crippen molar-refractivity contribution in [2.45, 2.75) is 0 Å². The summed E-state index contributed by atoms with van der Waals surface area (Å²) < 4.78 is 12.0. The van der Waals surface area contributed by atoms with E-state index in [1.165, 1.54) is 0 Å². The van der Waals surface area contributed by atoms with Crippen molar-refractivity contribution in [1.82, 2.24) is 9.97 Å². The highest BCUT2D eigenvalue weighted by Crippen LogP contribution is 2.31. The van der Waals surface area contributed by atoms with Crippen molar-refractivity contribution < 1.29 is 9.47 Å². The third kappa shape index (κ3) is 3.39. The number of rotatable bonds is 4. The van der Waals surface area contributed by atoms with Crippen LogP contribution < -0.4 is 9.47 Å². The molecule has 1 heterocycles. The molecule has 0 radical (unpaired) electrons. The lowest BCUT2D eigenvalue weighted by atomic mass is 10.1. The lowest BCUT2D eigenvalue weighted by Crippen LogP contribution is -1.96. The molecule has 4 rings (SSSR count). The van der Waals surface area contributed by atoms with E-state index in [0.29, 0.717) is 11.8 Å². The predicted octanol–water partition coefficient (Wildman–Crippen LogP) is 5.86. The number of methoxy groups -OCH3 is 1. The van der Waals surface area contributed by atoms with E-state index in [1.807, 2.05) is 72.8 Å².